The van der Waals surface area contributed by atoms with Crippen molar-refractivity contribution in [3.8, 4) is 11.4 Å². The van der Waals surface area contributed by atoms with E-state index in [9.17, 15) is 9.18 Å². The van der Waals surface area contributed by atoms with Gasteiger partial charge in [0, 0.05) is 30.0 Å². The van der Waals surface area contributed by atoms with Crippen molar-refractivity contribution in [3.05, 3.63) is 64.3 Å². The number of aryl methyl sites for hydroxylation is 3. The summed E-state index contributed by atoms with van der Waals surface area (Å²) >= 11 is 5.89. The fourth-order valence-electron chi connectivity index (χ4n) is 3.69. The minimum Gasteiger partial charge on any atom is -0.339 e. The Morgan fingerprint density at radius 3 is 2.86 bits per heavy atom. The van der Waals surface area contributed by atoms with Crippen LogP contribution in [0.4, 0.5) is 10.1 Å². The van der Waals surface area contributed by atoms with Gasteiger partial charge in [-0.1, -0.05) is 22.8 Å². The Hall–Kier alpha value is -2.73. The fraction of sp³-hybridized carbons (Fsp3) is 0.318. The first-order valence-corrected chi connectivity index (χ1v) is 10.1. The van der Waals surface area contributed by atoms with Crippen LogP contribution in [-0.2, 0) is 17.6 Å². The molecule has 0 N–H and O–H groups in total. The molecule has 0 fully saturated rings. The Bertz CT molecular complexity index is 1030. The van der Waals surface area contributed by atoms with Crippen molar-refractivity contribution in [2.45, 2.75) is 39.0 Å². The number of carbonyl (C=O) groups is 1. The molecule has 0 spiro atoms. The van der Waals surface area contributed by atoms with E-state index in [-0.39, 0.29) is 11.7 Å². The van der Waals surface area contributed by atoms with Crippen LogP contribution in [0.25, 0.3) is 11.4 Å². The summed E-state index contributed by atoms with van der Waals surface area (Å²) in [6.45, 7) is 2.42. The van der Waals surface area contributed by atoms with Gasteiger partial charge in [0.25, 0.3) is 0 Å². The van der Waals surface area contributed by atoms with Gasteiger partial charge in [0.1, 0.15) is 5.82 Å². The highest BCUT2D eigenvalue weighted by Gasteiger charge is 2.25. The van der Waals surface area contributed by atoms with Crippen molar-refractivity contribution < 1.29 is 13.7 Å². The van der Waals surface area contributed by atoms with Crippen molar-refractivity contribution in [1.82, 2.24) is 10.1 Å². The van der Waals surface area contributed by atoms with Gasteiger partial charge in [-0.25, -0.2) is 4.39 Å². The second-order valence-electron chi connectivity index (χ2n) is 7.28. The lowest BCUT2D eigenvalue weighted by atomic mass is 9.98. The van der Waals surface area contributed by atoms with Crippen LogP contribution in [0, 0.1) is 12.7 Å². The van der Waals surface area contributed by atoms with E-state index in [1.807, 2.05) is 25.1 Å². The number of amides is 1. The van der Waals surface area contributed by atoms with Crippen molar-refractivity contribution in [2.75, 3.05) is 11.4 Å². The molecule has 0 unspecified atom stereocenters. The number of carbonyl (C=O) groups excluding carboxylic acids is 1. The van der Waals surface area contributed by atoms with Crippen molar-refractivity contribution in [1.29, 1.82) is 0 Å². The number of hydrogen-bond acceptors (Lipinski definition) is 4. The number of hydrogen-bond donors (Lipinski definition) is 0. The lowest BCUT2D eigenvalue weighted by Gasteiger charge is -2.30. The molecule has 1 aliphatic rings. The molecule has 2 heterocycles. The third-order valence-corrected chi connectivity index (χ3v) is 5.29. The van der Waals surface area contributed by atoms with E-state index >= 15 is 0 Å². The molecule has 0 aliphatic carbocycles. The van der Waals surface area contributed by atoms with Crippen LogP contribution in [0.3, 0.4) is 0 Å². The third kappa shape index (κ3) is 4.32. The van der Waals surface area contributed by atoms with E-state index in [4.69, 9.17) is 16.1 Å². The quantitative estimate of drug-likeness (QED) is 0.581. The smallest absolute Gasteiger partial charge is 0.227 e. The molecule has 5 nitrogen and oxygen atoms in total. The zero-order chi connectivity index (χ0) is 20.4. The van der Waals surface area contributed by atoms with E-state index in [0.29, 0.717) is 48.2 Å². The molecule has 2 aromatic carbocycles. The molecule has 1 aromatic heterocycles. The maximum absolute atomic E-state index is 14.5. The van der Waals surface area contributed by atoms with Gasteiger partial charge >= 0.3 is 0 Å². The second-order valence-corrected chi connectivity index (χ2v) is 7.71. The molecule has 0 saturated carbocycles. The summed E-state index contributed by atoms with van der Waals surface area (Å²) in [5, 5.41) is 4.62. The standard InChI is InChI=1S/C22H21ClFN3O2/c1-14-12-16-4-3-11-27(21(16)18(24)13-14)20(28)6-2-5-19-25-22(26-29-19)15-7-9-17(23)10-8-15/h7-10,12-13H,2-6,11H2,1H3. The highest BCUT2D eigenvalue weighted by atomic mass is 35.5. The molecule has 0 saturated heterocycles. The fourth-order valence-corrected chi connectivity index (χ4v) is 3.81. The number of halogens is 2. The van der Waals surface area contributed by atoms with E-state index in [1.165, 1.54) is 6.07 Å². The summed E-state index contributed by atoms with van der Waals surface area (Å²) in [6, 6.07) is 10.6. The Kier molecular flexibility index (Phi) is 5.62. The molecule has 0 bridgehead atoms. The SMILES string of the molecule is Cc1cc(F)c2c(c1)CCCN2C(=O)CCCc1nc(-c2ccc(Cl)cc2)no1. The van der Waals surface area contributed by atoms with Crippen LogP contribution in [-0.4, -0.2) is 22.6 Å². The monoisotopic (exact) mass is 413 g/mol. The first-order chi connectivity index (χ1) is 14.0. The van der Waals surface area contributed by atoms with Gasteiger partial charge in [-0.2, -0.15) is 4.98 Å². The van der Waals surface area contributed by atoms with Gasteiger partial charge in [-0.15, -0.1) is 0 Å². The minimum absolute atomic E-state index is 0.0776. The number of benzene rings is 2. The zero-order valence-corrected chi connectivity index (χ0v) is 16.9. The summed E-state index contributed by atoms with van der Waals surface area (Å²) in [4.78, 5) is 18.7. The van der Waals surface area contributed by atoms with E-state index in [1.54, 1.807) is 17.0 Å². The maximum atomic E-state index is 14.5. The minimum atomic E-state index is -0.322. The molecular weight excluding hydrogens is 393 g/mol. The molecular formula is C22H21ClFN3O2. The van der Waals surface area contributed by atoms with Gasteiger partial charge < -0.3 is 9.42 Å². The molecule has 0 atom stereocenters. The highest BCUT2D eigenvalue weighted by Crippen LogP contribution is 2.32. The van der Waals surface area contributed by atoms with E-state index in [0.717, 1.165) is 29.5 Å². The highest BCUT2D eigenvalue weighted by molar-refractivity contribution is 6.30. The average Bonchev–Trinajstić information content (AvgIpc) is 3.16. The van der Waals surface area contributed by atoms with Gasteiger partial charge in [0.05, 0.1) is 5.69 Å². The lowest BCUT2D eigenvalue weighted by molar-refractivity contribution is -0.118. The number of aromatic nitrogens is 2. The number of rotatable bonds is 5. The topological polar surface area (TPSA) is 59.2 Å². The first-order valence-electron chi connectivity index (χ1n) is 9.69. The molecule has 1 aliphatic heterocycles. The van der Waals surface area contributed by atoms with Crippen molar-refractivity contribution in [2.24, 2.45) is 0 Å². The average molecular weight is 414 g/mol. The summed E-state index contributed by atoms with van der Waals surface area (Å²) in [6.07, 6.45) is 2.98. The van der Waals surface area contributed by atoms with E-state index < -0.39 is 0 Å². The normalized spacial score (nSPS) is 13.4. The Balaban J connectivity index is 1.37. The van der Waals surface area contributed by atoms with E-state index in [2.05, 4.69) is 10.1 Å². The molecule has 29 heavy (non-hydrogen) atoms. The second kappa shape index (κ2) is 8.33. The van der Waals surface area contributed by atoms with Crippen LogP contribution in [0.5, 0.6) is 0 Å². The van der Waals surface area contributed by atoms with Gasteiger partial charge in [0.15, 0.2) is 0 Å². The summed E-state index contributed by atoms with van der Waals surface area (Å²) < 4.78 is 19.8. The van der Waals surface area contributed by atoms with Crippen molar-refractivity contribution in [3.63, 3.8) is 0 Å². The largest absolute Gasteiger partial charge is 0.339 e. The molecule has 1 amide bonds. The Morgan fingerprint density at radius 1 is 1.28 bits per heavy atom. The summed E-state index contributed by atoms with van der Waals surface area (Å²) in [7, 11) is 0. The first kappa shape index (κ1) is 19.6. The van der Waals surface area contributed by atoms with Gasteiger partial charge in [0.2, 0.25) is 17.6 Å². The predicted octanol–water partition coefficient (Wildman–Crippen LogP) is 5.14. The number of fused-ring (bicyclic) bond motifs is 1. The predicted molar refractivity (Wildman–Crippen MR) is 109 cm³/mol. The van der Waals surface area contributed by atoms with Crippen LogP contribution >= 0.6 is 11.6 Å². The summed E-state index contributed by atoms with van der Waals surface area (Å²) in [5.41, 5.74) is 3.04. The van der Waals surface area contributed by atoms with Crippen LogP contribution < -0.4 is 4.90 Å². The number of nitrogens with zero attached hydrogens (tertiary/aromatic N) is 3. The number of anilines is 1. The Morgan fingerprint density at radius 2 is 2.07 bits per heavy atom. The third-order valence-electron chi connectivity index (χ3n) is 5.04. The van der Waals surface area contributed by atoms with Gasteiger partial charge in [-0.05, 0) is 67.6 Å². The lowest BCUT2D eigenvalue weighted by Crippen LogP contribution is -2.36. The molecule has 3 aromatic rings. The maximum Gasteiger partial charge on any atom is 0.227 e. The molecule has 4 rings (SSSR count). The Labute approximate surface area is 173 Å². The molecule has 150 valence electrons. The zero-order valence-electron chi connectivity index (χ0n) is 16.1. The van der Waals surface area contributed by atoms with Crippen LogP contribution in [0.1, 0.15) is 36.3 Å². The molecule has 7 heteroatoms. The van der Waals surface area contributed by atoms with Gasteiger partial charge in [-0.3, -0.25) is 4.79 Å². The van der Waals surface area contributed by atoms with Crippen LogP contribution in [0.15, 0.2) is 40.9 Å². The van der Waals surface area contributed by atoms with Crippen LogP contribution in [0.2, 0.25) is 5.02 Å². The summed E-state index contributed by atoms with van der Waals surface area (Å²) in [5.74, 6) is 0.567. The van der Waals surface area contributed by atoms with Crippen molar-refractivity contribution >= 4 is 23.2 Å². The molecule has 0 radical (unpaired) electrons.